The van der Waals surface area contributed by atoms with Gasteiger partial charge in [-0.1, -0.05) is 0 Å². The zero-order valence-corrected chi connectivity index (χ0v) is 17.6. The maximum absolute atomic E-state index is 13.2. The molecule has 2 atom stereocenters. The molecule has 1 aromatic heterocycles. The van der Waals surface area contributed by atoms with Crippen molar-refractivity contribution in [3.8, 4) is 6.07 Å². The smallest absolute Gasteiger partial charge is 0.410 e. The first-order valence-electron chi connectivity index (χ1n) is 9.86. The number of carbonyl (C=O) groups is 2. The van der Waals surface area contributed by atoms with Crippen molar-refractivity contribution in [3.63, 3.8) is 0 Å². The van der Waals surface area contributed by atoms with E-state index in [1.807, 2.05) is 0 Å². The van der Waals surface area contributed by atoms with Crippen LogP contribution in [-0.4, -0.2) is 45.4 Å². The van der Waals surface area contributed by atoms with Crippen molar-refractivity contribution in [2.75, 3.05) is 18.4 Å². The highest BCUT2D eigenvalue weighted by Crippen LogP contribution is 2.31. The van der Waals surface area contributed by atoms with Crippen molar-refractivity contribution in [1.82, 2.24) is 14.7 Å². The predicted octanol–water partition coefficient (Wildman–Crippen LogP) is 3.19. The third kappa shape index (κ3) is 5.31. The topological polar surface area (TPSA) is 126 Å². The Morgan fingerprint density at radius 3 is 2.58 bits per heavy atom. The molecule has 3 N–H and O–H groups in total. The van der Waals surface area contributed by atoms with Gasteiger partial charge in [-0.15, -0.1) is 0 Å². The fraction of sp³-hybridized carbons (Fsp3) is 0.429. The van der Waals surface area contributed by atoms with E-state index in [0.717, 1.165) is 0 Å². The van der Waals surface area contributed by atoms with Crippen LogP contribution >= 0.6 is 0 Å². The Kier molecular flexibility index (Phi) is 6.15. The lowest BCUT2D eigenvalue weighted by Gasteiger charge is -2.36. The molecule has 0 aliphatic carbocycles. The normalized spacial score (nSPS) is 18.9. The van der Waals surface area contributed by atoms with Crippen molar-refractivity contribution < 1.29 is 18.7 Å². The van der Waals surface area contributed by atoms with Gasteiger partial charge in [-0.2, -0.15) is 10.4 Å². The summed E-state index contributed by atoms with van der Waals surface area (Å²) in [5, 5.41) is 17.1. The SMILES string of the molecule is CC(C)(C)OC(=O)N1CC[C@@H](n2cc(C(N)=O)c(Nc3ccc(F)cc3)n2)[C@H](C#N)C1. The molecule has 1 aliphatic rings. The van der Waals surface area contributed by atoms with Crippen LogP contribution in [0.2, 0.25) is 0 Å². The van der Waals surface area contributed by atoms with Crippen LogP contribution in [0.5, 0.6) is 0 Å². The predicted molar refractivity (Wildman–Crippen MR) is 111 cm³/mol. The van der Waals surface area contributed by atoms with Gasteiger partial charge in [0.1, 0.15) is 17.0 Å². The average Bonchev–Trinajstić information content (AvgIpc) is 3.12. The number of nitrogens with zero attached hydrogens (tertiary/aromatic N) is 4. The molecular weight excluding hydrogens is 403 g/mol. The number of nitriles is 1. The largest absolute Gasteiger partial charge is 0.444 e. The Morgan fingerprint density at radius 2 is 2.00 bits per heavy atom. The number of amides is 2. The summed E-state index contributed by atoms with van der Waals surface area (Å²) in [6, 6.07) is 7.45. The second-order valence-electron chi connectivity index (χ2n) is 8.39. The van der Waals surface area contributed by atoms with Crippen LogP contribution in [0, 0.1) is 23.1 Å². The number of carbonyl (C=O) groups excluding carboxylic acids is 2. The number of aromatic nitrogens is 2. The van der Waals surface area contributed by atoms with Gasteiger partial charge in [0, 0.05) is 25.0 Å². The minimum absolute atomic E-state index is 0.149. The van der Waals surface area contributed by atoms with Crippen LogP contribution in [-0.2, 0) is 4.74 Å². The van der Waals surface area contributed by atoms with Crippen LogP contribution in [0.1, 0.15) is 43.6 Å². The number of ether oxygens (including phenoxy) is 1. The molecule has 2 heterocycles. The molecule has 2 amide bonds. The van der Waals surface area contributed by atoms with E-state index >= 15 is 0 Å². The molecule has 31 heavy (non-hydrogen) atoms. The Morgan fingerprint density at radius 1 is 1.32 bits per heavy atom. The lowest BCUT2D eigenvalue weighted by atomic mass is 9.94. The van der Waals surface area contributed by atoms with Gasteiger partial charge >= 0.3 is 6.09 Å². The van der Waals surface area contributed by atoms with E-state index in [4.69, 9.17) is 10.5 Å². The quantitative estimate of drug-likeness (QED) is 0.770. The van der Waals surface area contributed by atoms with E-state index in [1.165, 1.54) is 40.0 Å². The third-order valence-electron chi connectivity index (χ3n) is 4.84. The fourth-order valence-corrected chi connectivity index (χ4v) is 3.38. The second kappa shape index (κ2) is 8.63. The van der Waals surface area contributed by atoms with Gasteiger partial charge in [0.2, 0.25) is 0 Å². The number of primary amides is 1. The maximum atomic E-state index is 13.2. The van der Waals surface area contributed by atoms with Gasteiger partial charge in [-0.25, -0.2) is 9.18 Å². The molecule has 0 radical (unpaired) electrons. The molecule has 9 nitrogen and oxygen atoms in total. The molecule has 10 heteroatoms. The zero-order valence-electron chi connectivity index (χ0n) is 17.6. The highest BCUT2D eigenvalue weighted by atomic mass is 19.1. The highest BCUT2D eigenvalue weighted by molar-refractivity contribution is 5.98. The third-order valence-corrected chi connectivity index (χ3v) is 4.84. The molecule has 1 fully saturated rings. The summed E-state index contributed by atoms with van der Waals surface area (Å²) in [5.41, 5.74) is 5.55. The summed E-state index contributed by atoms with van der Waals surface area (Å²) in [4.78, 5) is 25.8. The van der Waals surface area contributed by atoms with Crippen LogP contribution in [0.4, 0.5) is 20.7 Å². The minimum Gasteiger partial charge on any atom is -0.444 e. The Bertz CT molecular complexity index is 1010. The van der Waals surface area contributed by atoms with Crippen LogP contribution in [0.15, 0.2) is 30.5 Å². The molecule has 1 aromatic carbocycles. The summed E-state index contributed by atoms with van der Waals surface area (Å²) >= 11 is 0. The molecule has 0 bridgehead atoms. The fourth-order valence-electron chi connectivity index (χ4n) is 3.38. The second-order valence-corrected chi connectivity index (χ2v) is 8.39. The standard InChI is InChI=1S/C21H25FN6O3/c1-21(2,3)31-20(30)27-9-8-17(13(10-23)11-27)28-12-16(18(24)29)19(26-28)25-15-6-4-14(22)5-7-15/h4-7,12-13,17H,8-9,11H2,1-3H3,(H2,24,29)(H,25,26)/t13-,17-/m1/s1. The van der Waals surface area contributed by atoms with E-state index in [-0.39, 0.29) is 29.8 Å². The highest BCUT2D eigenvalue weighted by Gasteiger charge is 2.35. The molecule has 3 rings (SSSR count). The summed E-state index contributed by atoms with van der Waals surface area (Å²) in [6.45, 7) is 5.91. The lowest BCUT2D eigenvalue weighted by Crippen LogP contribution is -2.46. The molecule has 0 unspecified atom stereocenters. The molecule has 0 saturated carbocycles. The zero-order chi connectivity index (χ0) is 22.8. The number of halogens is 1. The van der Waals surface area contributed by atoms with E-state index < -0.39 is 23.5 Å². The first kappa shape index (κ1) is 22.1. The van der Waals surface area contributed by atoms with Crippen molar-refractivity contribution in [3.05, 3.63) is 41.8 Å². The first-order valence-corrected chi connectivity index (χ1v) is 9.86. The van der Waals surface area contributed by atoms with Crippen molar-refractivity contribution >= 4 is 23.5 Å². The van der Waals surface area contributed by atoms with Crippen LogP contribution in [0.3, 0.4) is 0 Å². The van der Waals surface area contributed by atoms with Gasteiger partial charge in [0.05, 0.1) is 18.0 Å². The molecular formula is C21H25FN6O3. The van der Waals surface area contributed by atoms with Gasteiger partial charge in [-0.3, -0.25) is 9.48 Å². The average molecular weight is 428 g/mol. The summed E-state index contributed by atoms with van der Waals surface area (Å²) in [6.07, 6.45) is 1.47. The van der Waals surface area contributed by atoms with Crippen LogP contribution in [0.25, 0.3) is 0 Å². The van der Waals surface area contributed by atoms with Crippen molar-refractivity contribution in [2.24, 2.45) is 11.7 Å². The molecule has 1 saturated heterocycles. The number of piperidine rings is 1. The number of anilines is 2. The van der Waals surface area contributed by atoms with Crippen molar-refractivity contribution in [2.45, 2.75) is 38.8 Å². The number of likely N-dealkylation sites (tertiary alicyclic amines) is 1. The van der Waals surface area contributed by atoms with Gasteiger partial charge in [0.15, 0.2) is 5.82 Å². The Balaban J connectivity index is 1.80. The van der Waals surface area contributed by atoms with Crippen LogP contribution < -0.4 is 11.1 Å². The number of nitrogens with two attached hydrogens (primary N) is 1. The van der Waals surface area contributed by atoms with E-state index in [9.17, 15) is 19.2 Å². The lowest BCUT2D eigenvalue weighted by molar-refractivity contribution is 0.0143. The number of hydrogen-bond donors (Lipinski definition) is 2. The molecule has 0 spiro atoms. The maximum Gasteiger partial charge on any atom is 0.410 e. The molecule has 164 valence electrons. The Labute approximate surface area is 179 Å². The monoisotopic (exact) mass is 428 g/mol. The minimum atomic E-state index is -0.685. The van der Waals surface area contributed by atoms with Crippen molar-refractivity contribution in [1.29, 1.82) is 5.26 Å². The van der Waals surface area contributed by atoms with E-state index in [2.05, 4.69) is 16.5 Å². The number of benzene rings is 1. The van der Waals surface area contributed by atoms with Gasteiger partial charge in [0.25, 0.3) is 5.91 Å². The number of hydrogen-bond acceptors (Lipinski definition) is 6. The number of nitrogens with one attached hydrogen (secondary N) is 1. The summed E-state index contributed by atoms with van der Waals surface area (Å²) < 4.78 is 20.1. The first-order chi connectivity index (χ1) is 14.6. The number of rotatable bonds is 4. The molecule has 1 aliphatic heterocycles. The van der Waals surface area contributed by atoms with Gasteiger partial charge < -0.3 is 20.7 Å². The summed E-state index contributed by atoms with van der Waals surface area (Å²) in [5.74, 6) is -1.42. The summed E-state index contributed by atoms with van der Waals surface area (Å²) in [7, 11) is 0. The van der Waals surface area contributed by atoms with Gasteiger partial charge in [-0.05, 0) is 51.5 Å². The Hall–Kier alpha value is -3.61. The van der Waals surface area contributed by atoms with E-state index in [0.29, 0.717) is 18.7 Å². The molecule has 2 aromatic rings. The van der Waals surface area contributed by atoms with E-state index in [1.54, 1.807) is 20.8 Å².